The smallest absolute Gasteiger partial charge is 0.254 e. The first-order valence-electron chi connectivity index (χ1n) is 7.66. The number of carbonyl (C=O) groups excluding carboxylic acids is 1. The van der Waals surface area contributed by atoms with Gasteiger partial charge in [0.15, 0.2) is 0 Å². The molecule has 126 valence electrons. The molecule has 0 radical (unpaired) electrons. The van der Waals surface area contributed by atoms with E-state index in [-0.39, 0.29) is 17.0 Å². The lowest BCUT2D eigenvalue weighted by atomic mass is 10.1. The third-order valence-electron chi connectivity index (χ3n) is 4.04. The Morgan fingerprint density at radius 2 is 1.96 bits per heavy atom. The maximum absolute atomic E-state index is 14.0. The third kappa shape index (κ3) is 3.91. The van der Waals surface area contributed by atoms with Crippen molar-refractivity contribution in [3.8, 4) is 0 Å². The van der Waals surface area contributed by atoms with Crippen molar-refractivity contribution in [1.82, 2.24) is 4.90 Å². The predicted octanol–water partition coefficient (Wildman–Crippen LogP) is 4.89. The molecule has 2 aromatic rings. The summed E-state index contributed by atoms with van der Waals surface area (Å²) in [6.07, 6.45) is 0.611. The van der Waals surface area contributed by atoms with Crippen molar-refractivity contribution in [2.75, 3.05) is 18.8 Å². The third-order valence-corrected chi connectivity index (χ3v) is 6.29. The van der Waals surface area contributed by atoms with Gasteiger partial charge in [0.1, 0.15) is 11.6 Å². The predicted molar refractivity (Wildman–Crippen MR) is 101 cm³/mol. The number of amides is 1. The van der Waals surface area contributed by atoms with Crippen LogP contribution in [0.25, 0.3) is 0 Å². The normalized spacial score (nSPS) is 18.3. The van der Waals surface area contributed by atoms with Crippen LogP contribution in [0.3, 0.4) is 0 Å². The molecule has 2 nitrogen and oxygen atoms in total. The quantitative estimate of drug-likeness (QED) is 0.597. The van der Waals surface area contributed by atoms with Crippen molar-refractivity contribution < 1.29 is 13.6 Å². The lowest BCUT2D eigenvalue weighted by Crippen LogP contribution is -2.33. The van der Waals surface area contributed by atoms with Crippen LogP contribution in [0, 0.1) is 15.2 Å². The van der Waals surface area contributed by atoms with Crippen LogP contribution in [0.2, 0.25) is 0 Å². The summed E-state index contributed by atoms with van der Waals surface area (Å²) in [5.41, 5.74) is 1.09. The average molecular weight is 459 g/mol. The van der Waals surface area contributed by atoms with Crippen LogP contribution in [0.5, 0.6) is 0 Å². The molecule has 1 atom stereocenters. The van der Waals surface area contributed by atoms with Crippen LogP contribution in [-0.2, 0) is 0 Å². The maximum atomic E-state index is 14.0. The van der Waals surface area contributed by atoms with Crippen molar-refractivity contribution in [2.45, 2.75) is 11.7 Å². The van der Waals surface area contributed by atoms with E-state index < -0.39 is 5.82 Å². The van der Waals surface area contributed by atoms with E-state index in [9.17, 15) is 13.6 Å². The second kappa shape index (κ2) is 7.82. The Hall–Kier alpha value is -1.15. The van der Waals surface area contributed by atoms with Crippen molar-refractivity contribution in [1.29, 1.82) is 0 Å². The SMILES string of the molecule is O=C(c1ccccc1I)N1CCSC(c2cc(F)ccc2F)CC1. The van der Waals surface area contributed by atoms with Crippen LogP contribution in [0.15, 0.2) is 42.5 Å². The molecule has 0 N–H and O–H groups in total. The van der Waals surface area contributed by atoms with E-state index in [0.29, 0.717) is 36.4 Å². The molecule has 0 aliphatic carbocycles. The molecule has 1 saturated heterocycles. The summed E-state index contributed by atoms with van der Waals surface area (Å²) in [5, 5.41) is -0.131. The number of rotatable bonds is 2. The highest BCUT2D eigenvalue weighted by Crippen LogP contribution is 2.36. The van der Waals surface area contributed by atoms with Gasteiger partial charge in [-0.1, -0.05) is 12.1 Å². The molecule has 0 bridgehead atoms. The molecule has 24 heavy (non-hydrogen) atoms. The van der Waals surface area contributed by atoms with E-state index in [1.54, 1.807) is 11.8 Å². The molecular formula is C18H16F2INOS. The van der Waals surface area contributed by atoms with Crippen LogP contribution in [0.4, 0.5) is 8.78 Å². The van der Waals surface area contributed by atoms with Gasteiger partial charge in [0.2, 0.25) is 0 Å². The lowest BCUT2D eigenvalue weighted by molar-refractivity contribution is 0.0765. The number of benzene rings is 2. The Balaban J connectivity index is 1.75. The molecule has 2 aromatic carbocycles. The van der Waals surface area contributed by atoms with Crippen LogP contribution in [0.1, 0.15) is 27.6 Å². The molecular weight excluding hydrogens is 443 g/mol. The molecule has 0 aromatic heterocycles. The minimum Gasteiger partial charge on any atom is -0.338 e. The second-order valence-electron chi connectivity index (χ2n) is 5.59. The molecule has 0 saturated carbocycles. The lowest BCUT2D eigenvalue weighted by Gasteiger charge is -2.21. The highest BCUT2D eigenvalue weighted by atomic mass is 127. The molecule has 1 amide bonds. The van der Waals surface area contributed by atoms with Crippen LogP contribution < -0.4 is 0 Å². The first kappa shape index (κ1) is 17.7. The summed E-state index contributed by atoms with van der Waals surface area (Å²) in [6.45, 7) is 1.15. The molecule has 6 heteroatoms. The van der Waals surface area contributed by atoms with Gasteiger partial charge in [0.05, 0.1) is 5.56 Å². The van der Waals surface area contributed by atoms with Gasteiger partial charge in [0, 0.05) is 33.2 Å². The monoisotopic (exact) mass is 459 g/mol. The largest absolute Gasteiger partial charge is 0.338 e. The Morgan fingerprint density at radius 1 is 1.17 bits per heavy atom. The fourth-order valence-electron chi connectivity index (χ4n) is 2.79. The number of nitrogens with zero attached hydrogens (tertiary/aromatic N) is 1. The zero-order chi connectivity index (χ0) is 17.1. The van der Waals surface area contributed by atoms with Crippen molar-refractivity contribution in [2.24, 2.45) is 0 Å². The van der Waals surface area contributed by atoms with E-state index in [1.807, 2.05) is 29.2 Å². The fourth-order valence-corrected chi connectivity index (χ4v) is 4.65. The molecule has 1 aliphatic rings. The number of halogens is 3. The first-order chi connectivity index (χ1) is 11.6. The summed E-state index contributed by atoms with van der Waals surface area (Å²) in [5.74, 6) is -0.106. The minimum atomic E-state index is -0.428. The summed E-state index contributed by atoms with van der Waals surface area (Å²) < 4.78 is 28.4. The van der Waals surface area contributed by atoms with E-state index in [2.05, 4.69) is 22.6 Å². The van der Waals surface area contributed by atoms with Gasteiger partial charge in [-0.25, -0.2) is 8.78 Å². The van der Waals surface area contributed by atoms with Crippen LogP contribution >= 0.6 is 34.4 Å². The standard InChI is InChI=1S/C18H16F2INOS/c19-12-5-6-15(20)14(11-12)17-7-8-22(9-10-24-17)18(23)13-3-1-2-4-16(13)21/h1-6,11,17H,7-10H2. The average Bonchev–Trinajstić information content (AvgIpc) is 2.83. The highest BCUT2D eigenvalue weighted by molar-refractivity contribution is 14.1. The van der Waals surface area contributed by atoms with Gasteiger partial charge in [-0.2, -0.15) is 11.8 Å². The number of hydrogen-bond acceptors (Lipinski definition) is 2. The van der Waals surface area contributed by atoms with E-state index >= 15 is 0 Å². The Labute approximate surface area is 157 Å². The minimum absolute atomic E-state index is 0.000893. The van der Waals surface area contributed by atoms with Gasteiger partial charge in [-0.15, -0.1) is 0 Å². The van der Waals surface area contributed by atoms with Gasteiger partial charge in [-0.05, 0) is 59.3 Å². The molecule has 1 fully saturated rings. The molecule has 1 unspecified atom stereocenters. The second-order valence-corrected chi connectivity index (χ2v) is 8.06. The summed E-state index contributed by atoms with van der Waals surface area (Å²) in [7, 11) is 0. The maximum Gasteiger partial charge on any atom is 0.254 e. The summed E-state index contributed by atoms with van der Waals surface area (Å²) in [4.78, 5) is 14.5. The Bertz CT molecular complexity index is 756. The van der Waals surface area contributed by atoms with Crippen molar-refractivity contribution in [3.63, 3.8) is 0 Å². The van der Waals surface area contributed by atoms with E-state index in [0.717, 1.165) is 9.64 Å². The number of hydrogen-bond donors (Lipinski definition) is 0. The van der Waals surface area contributed by atoms with Crippen LogP contribution in [-0.4, -0.2) is 29.6 Å². The van der Waals surface area contributed by atoms with Gasteiger partial charge < -0.3 is 4.90 Å². The van der Waals surface area contributed by atoms with Gasteiger partial charge >= 0.3 is 0 Å². The van der Waals surface area contributed by atoms with E-state index in [1.165, 1.54) is 12.1 Å². The first-order valence-corrected chi connectivity index (χ1v) is 9.79. The fraction of sp³-hybridized carbons (Fsp3) is 0.278. The number of thioether (sulfide) groups is 1. The molecule has 3 rings (SSSR count). The summed E-state index contributed by atoms with van der Waals surface area (Å²) in [6, 6.07) is 11.1. The van der Waals surface area contributed by atoms with Crippen molar-refractivity contribution in [3.05, 3.63) is 68.8 Å². The van der Waals surface area contributed by atoms with Gasteiger partial charge in [0.25, 0.3) is 5.91 Å². The molecule has 1 aliphatic heterocycles. The van der Waals surface area contributed by atoms with Gasteiger partial charge in [-0.3, -0.25) is 4.79 Å². The molecule has 1 heterocycles. The molecule has 0 spiro atoms. The Morgan fingerprint density at radius 3 is 2.75 bits per heavy atom. The van der Waals surface area contributed by atoms with E-state index in [4.69, 9.17) is 0 Å². The summed E-state index contributed by atoms with van der Waals surface area (Å²) >= 11 is 3.74. The number of carbonyl (C=O) groups is 1. The topological polar surface area (TPSA) is 20.3 Å². The zero-order valence-electron chi connectivity index (χ0n) is 12.8. The van der Waals surface area contributed by atoms with Crippen molar-refractivity contribution >= 4 is 40.3 Å². The highest BCUT2D eigenvalue weighted by Gasteiger charge is 2.25. The zero-order valence-corrected chi connectivity index (χ0v) is 15.8. The Kier molecular flexibility index (Phi) is 5.76.